The zero-order valence-corrected chi connectivity index (χ0v) is 13.1. The van der Waals surface area contributed by atoms with Gasteiger partial charge in [-0.2, -0.15) is 4.31 Å². The Balaban J connectivity index is 2.25. The third-order valence-corrected chi connectivity index (χ3v) is 7.15. The Morgan fingerprint density at radius 2 is 2.21 bits per heavy atom. The molecule has 1 aromatic heterocycles. The van der Waals surface area contributed by atoms with Crippen molar-refractivity contribution in [1.29, 1.82) is 0 Å². The van der Waals surface area contributed by atoms with Crippen LogP contribution in [0.3, 0.4) is 0 Å². The highest BCUT2D eigenvalue weighted by Crippen LogP contribution is 2.32. The topological polar surface area (TPSA) is 63.4 Å². The van der Waals surface area contributed by atoms with Gasteiger partial charge in [0.15, 0.2) is 0 Å². The molecule has 0 radical (unpaired) electrons. The van der Waals surface area contributed by atoms with Gasteiger partial charge in [-0.25, -0.2) is 8.42 Å². The van der Waals surface area contributed by atoms with E-state index in [1.807, 2.05) is 6.07 Å². The van der Waals surface area contributed by atoms with Gasteiger partial charge >= 0.3 is 0 Å². The summed E-state index contributed by atoms with van der Waals surface area (Å²) in [5.41, 5.74) is 5.51. The Morgan fingerprint density at radius 3 is 2.84 bits per heavy atom. The van der Waals surface area contributed by atoms with E-state index in [4.69, 9.17) is 5.73 Å². The third-order valence-electron chi connectivity index (χ3n) is 3.61. The van der Waals surface area contributed by atoms with Crippen molar-refractivity contribution >= 4 is 21.4 Å². The van der Waals surface area contributed by atoms with Crippen LogP contribution in [0.1, 0.15) is 31.6 Å². The maximum atomic E-state index is 12.7. The molecule has 2 rings (SSSR count). The lowest BCUT2D eigenvalue weighted by Gasteiger charge is -2.26. The Bertz CT molecular complexity index is 523. The van der Waals surface area contributed by atoms with Crippen molar-refractivity contribution in [2.24, 2.45) is 11.7 Å². The van der Waals surface area contributed by atoms with Crippen molar-refractivity contribution in [3.8, 4) is 0 Å². The van der Waals surface area contributed by atoms with Crippen LogP contribution in [0, 0.1) is 5.92 Å². The average molecular weight is 302 g/mol. The molecular weight excluding hydrogens is 280 g/mol. The van der Waals surface area contributed by atoms with E-state index in [0.717, 1.165) is 24.1 Å². The standard InChI is InChI=1S/C13H22N2O2S2/c1-10(2)12-4-3-9-15(12)19(16,17)13-6-5-11(18-13)7-8-14/h5-6,10,12H,3-4,7-9,14H2,1-2H3. The molecule has 6 heteroatoms. The van der Waals surface area contributed by atoms with Crippen molar-refractivity contribution in [2.75, 3.05) is 13.1 Å². The fraction of sp³-hybridized carbons (Fsp3) is 0.692. The zero-order valence-electron chi connectivity index (χ0n) is 11.5. The number of rotatable bonds is 5. The van der Waals surface area contributed by atoms with Gasteiger partial charge in [0, 0.05) is 17.5 Å². The SMILES string of the molecule is CC(C)C1CCCN1S(=O)(=O)c1ccc(CCN)s1. The molecule has 1 saturated heterocycles. The fourth-order valence-electron chi connectivity index (χ4n) is 2.62. The molecule has 1 unspecified atom stereocenters. The molecule has 0 amide bonds. The smallest absolute Gasteiger partial charge is 0.252 e. The largest absolute Gasteiger partial charge is 0.330 e. The molecule has 1 atom stereocenters. The molecule has 1 aromatic rings. The van der Waals surface area contributed by atoms with E-state index in [1.54, 1.807) is 10.4 Å². The summed E-state index contributed by atoms with van der Waals surface area (Å²) in [5.74, 6) is 0.362. The molecule has 1 fully saturated rings. The van der Waals surface area contributed by atoms with Crippen molar-refractivity contribution in [1.82, 2.24) is 4.31 Å². The lowest BCUT2D eigenvalue weighted by molar-refractivity contribution is 0.316. The molecule has 108 valence electrons. The number of sulfonamides is 1. The fourth-order valence-corrected chi connectivity index (χ4v) is 5.95. The van der Waals surface area contributed by atoms with Crippen LogP contribution in [-0.2, 0) is 16.4 Å². The molecule has 0 saturated carbocycles. The van der Waals surface area contributed by atoms with E-state index < -0.39 is 10.0 Å². The van der Waals surface area contributed by atoms with E-state index in [-0.39, 0.29) is 6.04 Å². The zero-order chi connectivity index (χ0) is 14.0. The van der Waals surface area contributed by atoms with Gasteiger partial charge in [-0.1, -0.05) is 13.8 Å². The predicted molar refractivity (Wildman–Crippen MR) is 78.8 cm³/mol. The predicted octanol–water partition coefficient (Wildman–Crippen LogP) is 2.06. The highest BCUT2D eigenvalue weighted by Gasteiger charge is 2.37. The van der Waals surface area contributed by atoms with Crippen molar-refractivity contribution in [2.45, 2.75) is 43.4 Å². The molecule has 1 aliphatic heterocycles. The molecule has 0 bridgehead atoms. The molecule has 0 spiro atoms. The minimum absolute atomic E-state index is 0.144. The first-order valence-corrected chi connectivity index (χ1v) is 9.03. The van der Waals surface area contributed by atoms with Gasteiger partial charge in [-0.15, -0.1) is 11.3 Å². The Morgan fingerprint density at radius 1 is 1.47 bits per heavy atom. The minimum atomic E-state index is -3.32. The summed E-state index contributed by atoms with van der Waals surface area (Å²) < 4.78 is 27.5. The molecule has 2 N–H and O–H groups in total. The number of hydrogen-bond donors (Lipinski definition) is 1. The number of nitrogens with two attached hydrogens (primary N) is 1. The molecule has 19 heavy (non-hydrogen) atoms. The maximum absolute atomic E-state index is 12.7. The van der Waals surface area contributed by atoms with Crippen LogP contribution in [0.25, 0.3) is 0 Å². The molecule has 4 nitrogen and oxygen atoms in total. The van der Waals surface area contributed by atoms with E-state index >= 15 is 0 Å². The summed E-state index contributed by atoms with van der Waals surface area (Å²) in [6.07, 6.45) is 2.68. The van der Waals surface area contributed by atoms with E-state index in [1.165, 1.54) is 11.3 Å². The van der Waals surface area contributed by atoms with Crippen LogP contribution < -0.4 is 5.73 Å². The van der Waals surface area contributed by atoms with Gasteiger partial charge in [0.05, 0.1) is 0 Å². The summed E-state index contributed by atoms with van der Waals surface area (Å²) in [5, 5.41) is 0. The first-order chi connectivity index (χ1) is 8.96. The van der Waals surface area contributed by atoms with Crippen LogP contribution in [0.5, 0.6) is 0 Å². The quantitative estimate of drug-likeness (QED) is 0.905. The maximum Gasteiger partial charge on any atom is 0.252 e. The van der Waals surface area contributed by atoms with Crippen LogP contribution in [0.2, 0.25) is 0 Å². The summed E-state index contributed by atoms with van der Waals surface area (Å²) in [7, 11) is -3.32. The lowest BCUT2D eigenvalue weighted by atomic mass is 10.0. The van der Waals surface area contributed by atoms with E-state index in [2.05, 4.69) is 13.8 Å². The second kappa shape index (κ2) is 5.91. The van der Waals surface area contributed by atoms with Gasteiger partial charge in [-0.3, -0.25) is 0 Å². The number of thiophene rings is 1. The van der Waals surface area contributed by atoms with Gasteiger partial charge < -0.3 is 5.73 Å². The van der Waals surface area contributed by atoms with Crippen LogP contribution >= 0.6 is 11.3 Å². The second-order valence-corrected chi connectivity index (χ2v) is 8.61. The molecule has 1 aliphatic rings. The monoisotopic (exact) mass is 302 g/mol. The minimum Gasteiger partial charge on any atom is -0.330 e. The summed E-state index contributed by atoms with van der Waals surface area (Å²) in [4.78, 5) is 1.04. The first kappa shape index (κ1) is 15.0. The Labute approximate surface area is 119 Å². The van der Waals surface area contributed by atoms with Crippen LogP contribution in [0.15, 0.2) is 16.3 Å². The second-order valence-electron chi connectivity index (χ2n) is 5.33. The summed E-state index contributed by atoms with van der Waals surface area (Å²) in [6, 6.07) is 3.75. The highest BCUT2D eigenvalue weighted by atomic mass is 32.2. The summed E-state index contributed by atoms with van der Waals surface area (Å²) in [6.45, 7) is 5.38. The van der Waals surface area contributed by atoms with Crippen molar-refractivity contribution < 1.29 is 8.42 Å². The van der Waals surface area contributed by atoms with Crippen LogP contribution in [0.4, 0.5) is 0 Å². The van der Waals surface area contributed by atoms with Crippen LogP contribution in [-0.4, -0.2) is 31.9 Å². The molecular formula is C13H22N2O2S2. The van der Waals surface area contributed by atoms with Gasteiger partial charge in [0.2, 0.25) is 0 Å². The van der Waals surface area contributed by atoms with Crippen molar-refractivity contribution in [3.05, 3.63) is 17.0 Å². The molecule has 2 heterocycles. The van der Waals surface area contributed by atoms with Crippen molar-refractivity contribution in [3.63, 3.8) is 0 Å². The van der Waals surface area contributed by atoms with Gasteiger partial charge in [0.1, 0.15) is 4.21 Å². The van der Waals surface area contributed by atoms with E-state index in [9.17, 15) is 8.42 Å². The van der Waals surface area contributed by atoms with Gasteiger partial charge in [0.25, 0.3) is 10.0 Å². The Kier molecular flexibility index (Phi) is 4.66. The molecule has 0 aromatic carbocycles. The first-order valence-electron chi connectivity index (χ1n) is 6.77. The third kappa shape index (κ3) is 3.02. The lowest BCUT2D eigenvalue weighted by Crippen LogP contribution is -2.38. The average Bonchev–Trinajstić information content (AvgIpc) is 2.97. The highest BCUT2D eigenvalue weighted by molar-refractivity contribution is 7.91. The number of nitrogens with zero attached hydrogens (tertiary/aromatic N) is 1. The molecule has 0 aliphatic carbocycles. The normalized spacial score (nSPS) is 21.4. The van der Waals surface area contributed by atoms with E-state index in [0.29, 0.717) is 23.2 Å². The number of hydrogen-bond acceptors (Lipinski definition) is 4. The van der Waals surface area contributed by atoms with Gasteiger partial charge in [-0.05, 0) is 43.9 Å². The Hall–Kier alpha value is -0.430. The summed E-state index contributed by atoms with van der Waals surface area (Å²) >= 11 is 1.36.